The van der Waals surface area contributed by atoms with E-state index in [-0.39, 0.29) is 30.1 Å². The zero-order valence-corrected chi connectivity index (χ0v) is 20.9. The van der Waals surface area contributed by atoms with E-state index >= 15 is 0 Å². The first kappa shape index (κ1) is 23.6. The topological polar surface area (TPSA) is 61.9 Å². The third-order valence-electron chi connectivity index (χ3n) is 6.11. The number of aryl methyl sites for hydroxylation is 1. The van der Waals surface area contributed by atoms with Gasteiger partial charge in [0.05, 0.1) is 6.04 Å². The molecular weight excluding hydrogens is 434 g/mol. The number of nitrogens with one attached hydrogen (secondary N) is 1. The van der Waals surface area contributed by atoms with E-state index in [1.165, 1.54) is 16.0 Å². The Balaban J connectivity index is 1.48. The zero-order chi connectivity index (χ0) is 23.6. The molecule has 0 saturated heterocycles. The fraction of sp³-hybridized carbons (Fsp3) is 0.538. The number of benzene rings is 1. The van der Waals surface area contributed by atoms with Crippen LogP contribution in [0.25, 0.3) is 0 Å². The molecule has 0 spiro atoms. The smallest absolute Gasteiger partial charge is 0.318 e. The first-order valence-corrected chi connectivity index (χ1v) is 12.7. The zero-order valence-electron chi connectivity index (χ0n) is 20.1. The normalized spacial score (nSPS) is 17.9. The van der Waals surface area contributed by atoms with Gasteiger partial charge in [0, 0.05) is 23.5 Å². The minimum absolute atomic E-state index is 0.0194. The summed E-state index contributed by atoms with van der Waals surface area (Å²) in [5, 5.41) is 5.12. The van der Waals surface area contributed by atoms with Crippen molar-refractivity contribution < 1.29 is 14.3 Å². The Kier molecular flexibility index (Phi) is 6.98. The summed E-state index contributed by atoms with van der Waals surface area (Å²) in [7, 11) is 0. The molecule has 1 unspecified atom stereocenters. The molecule has 2 aromatic rings. The van der Waals surface area contributed by atoms with Crippen LogP contribution in [-0.2, 0) is 11.2 Å². The van der Waals surface area contributed by atoms with Crippen molar-refractivity contribution in [2.75, 3.05) is 26.2 Å². The summed E-state index contributed by atoms with van der Waals surface area (Å²) in [6, 6.07) is 9.78. The minimum Gasteiger partial charge on any atom is -0.491 e. The van der Waals surface area contributed by atoms with Crippen molar-refractivity contribution in [2.45, 2.75) is 58.5 Å². The van der Waals surface area contributed by atoms with Gasteiger partial charge >= 0.3 is 6.03 Å². The van der Waals surface area contributed by atoms with E-state index in [9.17, 15) is 9.59 Å². The Morgan fingerprint density at radius 3 is 2.58 bits per heavy atom. The van der Waals surface area contributed by atoms with Gasteiger partial charge in [-0.05, 0) is 82.0 Å². The van der Waals surface area contributed by atoms with E-state index in [2.05, 4.69) is 16.8 Å². The highest BCUT2D eigenvalue weighted by atomic mass is 32.1. The Morgan fingerprint density at radius 1 is 1.18 bits per heavy atom. The number of carbonyl (C=O) groups is 2. The van der Waals surface area contributed by atoms with E-state index < -0.39 is 0 Å². The van der Waals surface area contributed by atoms with Crippen LogP contribution in [0.4, 0.5) is 4.79 Å². The molecule has 4 rings (SSSR count). The van der Waals surface area contributed by atoms with Crippen LogP contribution in [-0.4, -0.2) is 53.5 Å². The molecule has 33 heavy (non-hydrogen) atoms. The number of ether oxygens (including phenoxy) is 1. The highest BCUT2D eigenvalue weighted by Gasteiger charge is 2.35. The predicted molar refractivity (Wildman–Crippen MR) is 132 cm³/mol. The van der Waals surface area contributed by atoms with Crippen LogP contribution in [0.3, 0.4) is 0 Å². The molecule has 3 amide bonds. The van der Waals surface area contributed by atoms with Gasteiger partial charge in [-0.2, -0.15) is 0 Å². The molecule has 1 fully saturated rings. The van der Waals surface area contributed by atoms with E-state index in [0.717, 1.165) is 25.0 Å². The molecule has 1 atom stereocenters. The molecule has 6 nitrogen and oxygen atoms in total. The van der Waals surface area contributed by atoms with Crippen LogP contribution in [0.2, 0.25) is 0 Å². The highest BCUT2D eigenvalue weighted by Crippen LogP contribution is 2.34. The summed E-state index contributed by atoms with van der Waals surface area (Å²) in [5.74, 6) is 1.29. The fourth-order valence-corrected chi connectivity index (χ4v) is 5.10. The van der Waals surface area contributed by atoms with Crippen LogP contribution >= 0.6 is 11.3 Å². The fourth-order valence-electron chi connectivity index (χ4n) is 4.17. The van der Waals surface area contributed by atoms with Crippen LogP contribution in [0, 0.1) is 12.8 Å². The lowest BCUT2D eigenvalue weighted by molar-refractivity contribution is -0.135. The lowest BCUT2D eigenvalue weighted by Crippen LogP contribution is -2.53. The Bertz CT molecular complexity index is 975. The third kappa shape index (κ3) is 6.28. The van der Waals surface area contributed by atoms with Gasteiger partial charge < -0.3 is 19.9 Å². The minimum atomic E-state index is -0.344. The molecule has 178 valence electrons. The van der Waals surface area contributed by atoms with Crippen molar-refractivity contribution in [3.8, 4) is 5.75 Å². The van der Waals surface area contributed by atoms with Gasteiger partial charge in [0.25, 0.3) is 0 Å². The Labute approximate surface area is 200 Å². The van der Waals surface area contributed by atoms with E-state index in [4.69, 9.17) is 4.74 Å². The summed E-state index contributed by atoms with van der Waals surface area (Å²) in [6.07, 6.45) is 3.10. The number of amides is 3. The third-order valence-corrected chi connectivity index (χ3v) is 7.11. The van der Waals surface area contributed by atoms with Crippen molar-refractivity contribution >= 4 is 23.3 Å². The lowest BCUT2D eigenvalue weighted by Gasteiger charge is -2.37. The maximum Gasteiger partial charge on any atom is 0.318 e. The number of hydrogen-bond donors (Lipinski definition) is 1. The van der Waals surface area contributed by atoms with Crippen molar-refractivity contribution in [3.05, 3.63) is 51.7 Å². The molecular formula is C26H35N3O3S. The first-order valence-electron chi connectivity index (χ1n) is 11.8. The number of hydrogen-bond acceptors (Lipinski definition) is 4. The average molecular weight is 470 g/mol. The predicted octanol–water partition coefficient (Wildman–Crippen LogP) is 4.78. The number of fused-ring (bicyclic) bond motifs is 1. The molecule has 0 radical (unpaired) electrons. The summed E-state index contributed by atoms with van der Waals surface area (Å²) < 4.78 is 6.12. The SMILES string of the molecule is Cc1ccc(OCC2c3ccsc3CCN2C(=O)CN(CC2CC2)C(=O)NC(C)(C)C)cc1. The van der Waals surface area contributed by atoms with Gasteiger partial charge in [-0.3, -0.25) is 4.79 Å². The number of thiophene rings is 1. The van der Waals surface area contributed by atoms with Gasteiger partial charge in [-0.15, -0.1) is 11.3 Å². The summed E-state index contributed by atoms with van der Waals surface area (Å²) in [6.45, 7) is 9.71. The number of nitrogens with zero attached hydrogens (tertiary/aromatic N) is 2. The van der Waals surface area contributed by atoms with E-state index in [1.54, 1.807) is 16.2 Å². The van der Waals surface area contributed by atoms with Crippen LogP contribution < -0.4 is 10.1 Å². The summed E-state index contributed by atoms with van der Waals surface area (Å²) in [5.41, 5.74) is 2.00. The van der Waals surface area contributed by atoms with E-state index in [0.29, 0.717) is 25.6 Å². The van der Waals surface area contributed by atoms with Gasteiger partial charge in [-0.1, -0.05) is 17.7 Å². The second-order valence-electron chi connectivity index (χ2n) is 10.3. The molecule has 0 bridgehead atoms. The number of urea groups is 1. The number of rotatable bonds is 7. The molecule has 2 heterocycles. The summed E-state index contributed by atoms with van der Waals surface area (Å²) in [4.78, 5) is 31.4. The second-order valence-corrected chi connectivity index (χ2v) is 11.3. The molecule has 2 aliphatic rings. The molecule has 1 aromatic carbocycles. The molecule has 1 aliphatic heterocycles. The van der Waals surface area contributed by atoms with Crippen LogP contribution in [0.1, 0.15) is 55.7 Å². The average Bonchev–Trinajstić information content (AvgIpc) is 3.44. The lowest BCUT2D eigenvalue weighted by atomic mass is 10.0. The van der Waals surface area contributed by atoms with Crippen molar-refractivity contribution in [2.24, 2.45) is 5.92 Å². The number of carbonyl (C=O) groups excluding carboxylic acids is 2. The van der Waals surface area contributed by atoms with Gasteiger partial charge in [0.2, 0.25) is 5.91 Å². The first-order chi connectivity index (χ1) is 15.7. The molecule has 7 heteroatoms. The van der Waals surface area contributed by atoms with Crippen LogP contribution in [0.15, 0.2) is 35.7 Å². The van der Waals surface area contributed by atoms with Gasteiger partial charge in [-0.25, -0.2) is 4.79 Å². The molecule has 1 saturated carbocycles. The largest absolute Gasteiger partial charge is 0.491 e. The Hall–Kier alpha value is -2.54. The quantitative estimate of drug-likeness (QED) is 0.635. The molecule has 1 aliphatic carbocycles. The Morgan fingerprint density at radius 2 is 1.91 bits per heavy atom. The van der Waals surface area contributed by atoms with Crippen LogP contribution in [0.5, 0.6) is 5.75 Å². The monoisotopic (exact) mass is 469 g/mol. The highest BCUT2D eigenvalue weighted by molar-refractivity contribution is 7.10. The maximum absolute atomic E-state index is 13.5. The van der Waals surface area contributed by atoms with Crippen molar-refractivity contribution in [1.82, 2.24) is 15.1 Å². The molecule has 1 N–H and O–H groups in total. The second kappa shape index (κ2) is 9.75. The van der Waals surface area contributed by atoms with Gasteiger partial charge in [0.15, 0.2) is 0 Å². The maximum atomic E-state index is 13.5. The molecule has 1 aromatic heterocycles. The van der Waals surface area contributed by atoms with Gasteiger partial charge in [0.1, 0.15) is 18.9 Å². The van der Waals surface area contributed by atoms with E-state index in [1.807, 2.05) is 56.9 Å². The van der Waals surface area contributed by atoms with Crippen molar-refractivity contribution in [1.29, 1.82) is 0 Å². The summed E-state index contributed by atoms with van der Waals surface area (Å²) >= 11 is 1.74. The van der Waals surface area contributed by atoms with Crippen molar-refractivity contribution in [3.63, 3.8) is 0 Å². The standard InChI is InChI=1S/C26H35N3O3S/c1-18-5-9-20(10-6-18)32-17-22-21-12-14-33-23(21)11-13-29(22)24(30)16-28(15-19-7-8-19)25(31)27-26(2,3)4/h5-6,9-10,12,14,19,22H,7-8,11,13,15-17H2,1-4H3,(H,27,31).